The van der Waals surface area contributed by atoms with Crippen LogP contribution < -0.4 is 0 Å². The molecule has 0 aromatic heterocycles. The van der Waals surface area contributed by atoms with E-state index in [0.717, 1.165) is 0 Å². The first-order chi connectivity index (χ1) is 4.04. The van der Waals surface area contributed by atoms with Crippen molar-refractivity contribution in [2.75, 3.05) is 13.7 Å². The first-order valence-corrected chi connectivity index (χ1v) is 4.03. The average Bonchev–Trinajstić information content (AvgIpc) is 1.97. The fourth-order valence-corrected chi connectivity index (χ4v) is 1.63. The average molecular weight is 151 g/mol. The molecule has 0 aromatic rings. The van der Waals surface area contributed by atoms with Gasteiger partial charge >= 0.3 is 10.3 Å². The number of nitrogens with zero attached hydrogens (tertiary/aromatic N) is 1. The summed E-state index contributed by atoms with van der Waals surface area (Å²) >= 11 is 0. The zero-order valence-electron chi connectivity index (χ0n) is 5.36. The van der Waals surface area contributed by atoms with Crippen molar-refractivity contribution in [2.45, 2.75) is 13.0 Å². The van der Waals surface area contributed by atoms with E-state index in [0.29, 0.717) is 0 Å². The van der Waals surface area contributed by atoms with E-state index >= 15 is 0 Å². The smallest absolute Gasteiger partial charge is 0.256 e. The molecule has 0 aliphatic carbocycles. The summed E-state index contributed by atoms with van der Waals surface area (Å²) in [6.45, 7) is 2.07. The molecule has 0 radical (unpaired) electrons. The first-order valence-electron chi connectivity index (χ1n) is 2.66. The van der Waals surface area contributed by atoms with E-state index in [2.05, 4.69) is 4.18 Å². The van der Waals surface area contributed by atoms with Crippen LogP contribution in [0.5, 0.6) is 0 Å². The van der Waals surface area contributed by atoms with Gasteiger partial charge in [-0.05, 0) is 6.92 Å². The molecule has 1 aliphatic heterocycles. The maximum atomic E-state index is 10.7. The lowest BCUT2D eigenvalue weighted by Crippen LogP contribution is -2.26. The van der Waals surface area contributed by atoms with Crippen LogP contribution in [0.1, 0.15) is 6.92 Å². The molecule has 1 aliphatic rings. The highest BCUT2D eigenvalue weighted by Crippen LogP contribution is 2.14. The second kappa shape index (κ2) is 1.93. The molecule has 0 spiro atoms. The zero-order valence-corrected chi connectivity index (χ0v) is 6.18. The van der Waals surface area contributed by atoms with Crippen LogP contribution in [0.15, 0.2) is 0 Å². The Morgan fingerprint density at radius 1 is 1.67 bits per heavy atom. The molecular weight excluding hydrogens is 142 g/mol. The van der Waals surface area contributed by atoms with E-state index < -0.39 is 10.3 Å². The Hall–Kier alpha value is -0.130. The second-order valence-corrected chi connectivity index (χ2v) is 3.77. The van der Waals surface area contributed by atoms with E-state index in [1.807, 2.05) is 0 Å². The van der Waals surface area contributed by atoms with Crippen molar-refractivity contribution in [2.24, 2.45) is 0 Å². The summed E-state index contributed by atoms with van der Waals surface area (Å²) in [5.74, 6) is 0. The second-order valence-electron chi connectivity index (χ2n) is 2.11. The van der Waals surface area contributed by atoms with Crippen molar-refractivity contribution in [3.8, 4) is 0 Å². The summed E-state index contributed by atoms with van der Waals surface area (Å²) in [5.41, 5.74) is 0. The number of hydrogen-bond acceptors (Lipinski definition) is 3. The Labute approximate surface area is 54.7 Å². The van der Waals surface area contributed by atoms with Crippen LogP contribution >= 0.6 is 0 Å². The van der Waals surface area contributed by atoms with Crippen LogP contribution in [0.2, 0.25) is 0 Å². The Bertz CT molecular complexity index is 198. The minimum atomic E-state index is -3.34. The van der Waals surface area contributed by atoms with Crippen LogP contribution in [-0.2, 0) is 14.5 Å². The van der Waals surface area contributed by atoms with Gasteiger partial charge in [0, 0.05) is 13.1 Å². The summed E-state index contributed by atoms with van der Waals surface area (Å²) in [6.07, 6.45) is 0. The molecule has 4 nitrogen and oxygen atoms in total. The van der Waals surface area contributed by atoms with E-state index in [1.54, 1.807) is 6.92 Å². The van der Waals surface area contributed by atoms with Crippen LogP contribution in [-0.4, -0.2) is 32.4 Å². The summed E-state index contributed by atoms with van der Waals surface area (Å²) in [4.78, 5) is 0. The molecule has 5 heteroatoms. The van der Waals surface area contributed by atoms with Crippen molar-refractivity contribution >= 4 is 10.3 Å². The highest BCUT2D eigenvalue weighted by Gasteiger charge is 2.31. The number of likely N-dealkylation sites (N-methyl/N-ethyl adjacent to an activating group) is 1. The first kappa shape index (κ1) is 6.98. The van der Waals surface area contributed by atoms with Crippen molar-refractivity contribution in [3.63, 3.8) is 0 Å². The Kier molecular flexibility index (Phi) is 1.50. The van der Waals surface area contributed by atoms with Gasteiger partial charge in [0.2, 0.25) is 0 Å². The lowest BCUT2D eigenvalue weighted by Gasteiger charge is -2.07. The predicted octanol–water partition coefficient (Wildman–Crippen LogP) is -0.418. The minimum Gasteiger partial charge on any atom is -0.256 e. The van der Waals surface area contributed by atoms with Crippen LogP contribution in [0.4, 0.5) is 0 Å². The molecule has 0 amide bonds. The largest absolute Gasteiger partial charge is 0.338 e. The highest BCUT2D eigenvalue weighted by molar-refractivity contribution is 7.84. The highest BCUT2D eigenvalue weighted by atomic mass is 32.2. The van der Waals surface area contributed by atoms with Crippen LogP contribution in [0, 0.1) is 0 Å². The summed E-state index contributed by atoms with van der Waals surface area (Å²) < 4.78 is 27.0. The molecule has 54 valence electrons. The van der Waals surface area contributed by atoms with Gasteiger partial charge in [-0.2, -0.15) is 12.7 Å². The van der Waals surface area contributed by atoms with Gasteiger partial charge < -0.3 is 0 Å². The fraction of sp³-hybridized carbons (Fsp3) is 1.00. The van der Waals surface area contributed by atoms with Crippen LogP contribution in [0.3, 0.4) is 0 Å². The standard InChI is InChI=1S/C4H9NO3S/c1-4-3-8-9(6,7)5(4)2/h4H,3H2,1-2H3/t4-/m0/s1. The van der Waals surface area contributed by atoms with Crippen molar-refractivity contribution < 1.29 is 12.6 Å². The van der Waals surface area contributed by atoms with Gasteiger partial charge in [0.15, 0.2) is 0 Å². The van der Waals surface area contributed by atoms with Gasteiger partial charge in [-0.25, -0.2) is 0 Å². The maximum absolute atomic E-state index is 10.7. The predicted molar refractivity (Wildman–Crippen MR) is 32.1 cm³/mol. The zero-order chi connectivity index (χ0) is 7.07. The third-order valence-electron chi connectivity index (χ3n) is 1.43. The molecule has 1 rings (SSSR count). The normalized spacial score (nSPS) is 35.1. The van der Waals surface area contributed by atoms with Gasteiger partial charge in [-0.1, -0.05) is 0 Å². The lowest BCUT2D eigenvalue weighted by atomic mass is 10.4. The molecule has 0 aromatic carbocycles. The molecular formula is C4H9NO3S. The molecule has 0 N–H and O–H groups in total. The van der Waals surface area contributed by atoms with E-state index in [1.165, 1.54) is 11.4 Å². The van der Waals surface area contributed by atoms with E-state index in [9.17, 15) is 8.42 Å². The van der Waals surface area contributed by atoms with Crippen LogP contribution in [0.25, 0.3) is 0 Å². The quantitative estimate of drug-likeness (QED) is 0.472. The maximum Gasteiger partial charge on any atom is 0.338 e. The van der Waals surface area contributed by atoms with Crippen molar-refractivity contribution in [1.82, 2.24) is 4.31 Å². The van der Waals surface area contributed by atoms with Gasteiger partial charge in [-0.3, -0.25) is 4.18 Å². The third-order valence-corrected chi connectivity index (χ3v) is 2.93. The molecule has 9 heavy (non-hydrogen) atoms. The minimum absolute atomic E-state index is 0.0185. The van der Waals surface area contributed by atoms with Gasteiger partial charge in [-0.15, -0.1) is 0 Å². The Morgan fingerprint density at radius 3 is 2.33 bits per heavy atom. The molecule has 0 bridgehead atoms. The summed E-state index contributed by atoms with van der Waals surface area (Å²) in [7, 11) is -1.83. The molecule has 1 heterocycles. The Balaban J connectivity index is 2.87. The molecule has 1 atom stereocenters. The molecule has 1 fully saturated rings. The van der Waals surface area contributed by atoms with Gasteiger partial charge in [0.25, 0.3) is 0 Å². The van der Waals surface area contributed by atoms with E-state index in [4.69, 9.17) is 0 Å². The summed E-state index contributed by atoms with van der Waals surface area (Å²) in [6, 6.07) is -0.0185. The van der Waals surface area contributed by atoms with Crippen molar-refractivity contribution in [1.29, 1.82) is 0 Å². The molecule has 0 saturated carbocycles. The summed E-state index contributed by atoms with van der Waals surface area (Å²) in [5, 5.41) is 0. The molecule has 0 unspecified atom stereocenters. The SMILES string of the molecule is C[C@H]1COS(=O)(=O)N1C. The lowest BCUT2D eigenvalue weighted by molar-refractivity contribution is 0.334. The number of hydrogen-bond donors (Lipinski definition) is 0. The Morgan fingerprint density at radius 2 is 2.22 bits per heavy atom. The molecule has 1 saturated heterocycles. The van der Waals surface area contributed by atoms with Gasteiger partial charge in [0.05, 0.1) is 6.61 Å². The topological polar surface area (TPSA) is 46.6 Å². The number of rotatable bonds is 0. The van der Waals surface area contributed by atoms with E-state index in [-0.39, 0.29) is 12.6 Å². The van der Waals surface area contributed by atoms with Gasteiger partial charge in [0.1, 0.15) is 0 Å². The third kappa shape index (κ3) is 1.08. The monoisotopic (exact) mass is 151 g/mol. The van der Waals surface area contributed by atoms with Crippen molar-refractivity contribution in [3.05, 3.63) is 0 Å². The fourth-order valence-electron chi connectivity index (χ4n) is 0.593.